The SMILES string of the molecule is [2H]N(O)CC1OC(n2cc(C)c(NCCCOCCOCCOCCCNC(=O)c3cc[n+](C)cc3-c3c[n+](C)ccc3C)nc2=O)CC1O. The van der Waals surface area contributed by atoms with Crippen LogP contribution in [0.2, 0.25) is 1.41 Å². The van der Waals surface area contributed by atoms with Crippen molar-refractivity contribution in [3.8, 4) is 11.1 Å². The summed E-state index contributed by atoms with van der Waals surface area (Å²) in [7, 11) is 3.91. The van der Waals surface area contributed by atoms with E-state index < -0.39 is 24.1 Å². The van der Waals surface area contributed by atoms with Crippen LogP contribution in [0.25, 0.3) is 11.1 Å². The standard InChI is InChI=1S/C34H49N7O8/c1-24-7-11-39(3)22-27(24)28-23-40(4)12-8-26(28)33(43)36-10-6-14-47-16-18-48-17-15-46-13-5-9-35-32-25(2)21-41(34(44)38-32)31-19-29(42)30(49-31)20-37-45/h7-8,11-12,21-23,29-31,37,42,45H,5-6,9-10,13-20H2,1-4H3/p+2/i/hD. The quantitative estimate of drug-likeness (QED) is 0.0636. The number of nitrogens with zero attached hydrogens (tertiary/aromatic N) is 4. The van der Waals surface area contributed by atoms with Crippen LogP contribution >= 0.6 is 0 Å². The zero-order valence-corrected chi connectivity index (χ0v) is 28.8. The predicted molar refractivity (Wildman–Crippen MR) is 179 cm³/mol. The number of aromatic nitrogens is 4. The van der Waals surface area contributed by atoms with Crippen LogP contribution in [0, 0.1) is 13.8 Å². The van der Waals surface area contributed by atoms with E-state index >= 15 is 0 Å². The number of carbonyl (C=O) groups excluding carboxylic acids is 1. The van der Waals surface area contributed by atoms with Gasteiger partial charge in [-0.3, -0.25) is 9.36 Å². The molecular weight excluding hydrogens is 634 g/mol. The molecule has 15 nitrogen and oxygen atoms in total. The molecule has 0 bridgehead atoms. The molecule has 0 radical (unpaired) electrons. The lowest BCUT2D eigenvalue weighted by Crippen LogP contribution is -2.32. The Morgan fingerprint density at radius 2 is 1.63 bits per heavy atom. The summed E-state index contributed by atoms with van der Waals surface area (Å²) in [6.07, 6.45) is 8.62. The lowest BCUT2D eigenvalue weighted by molar-refractivity contribution is -0.672. The van der Waals surface area contributed by atoms with E-state index in [1.54, 1.807) is 6.20 Å². The van der Waals surface area contributed by atoms with Gasteiger partial charge in [-0.25, -0.2) is 19.4 Å². The summed E-state index contributed by atoms with van der Waals surface area (Å²) in [5, 5.41) is 25.4. The molecule has 5 N–H and O–H groups in total. The van der Waals surface area contributed by atoms with Crippen molar-refractivity contribution < 1.29 is 44.6 Å². The van der Waals surface area contributed by atoms with Gasteiger partial charge in [-0.15, -0.1) is 0 Å². The Kier molecular flexibility index (Phi) is 14.4. The van der Waals surface area contributed by atoms with Crippen LogP contribution in [-0.2, 0) is 33.0 Å². The number of aryl methyl sites for hydroxylation is 4. The molecule has 3 unspecified atom stereocenters. The number of ether oxygens (including phenoxy) is 4. The van der Waals surface area contributed by atoms with Gasteiger partial charge < -0.3 is 39.9 Å². The molecule has 1 amide bonds. The molecule has 1 fully saturated rings. The zero-order valence-electron chi connectivity index (χ0n) is 29.8. The van der Waals surface area contributed by atoms with Gasteiger partial charge in [0.2, 0.25) is 0 Å². The maximum atomic E-state index is 13.0. The number of amides is 1. The molecule has 15 heteroatoms. The minimum Gasteiger partial charge on any atom is -0.390 e. The van der Waals surface area contributed by atoms with Crippen molar-refractivity contribution in [3.05, 3.63) is 70.3 Å². The van der Waals surface area contributed by atoms with Crippen LogP contribution in [0.1, 0.15) is 47.0 Å². The first kappa shape index (κ1) is 36.5. The average molecular weight is 687 g/mol. The smallest absolute Gasteiger partial charge is 0.351 e. The fourth-order valence-electron chi connectivity index (χ4n) is 5.44. The molecule has 4 rings (SSSR count). The van der Waals surface area contributed by atoms with Crippen molar-refractivity contribution in [3.63, 3.8) is 0 Å². The van der Waals surface area contributed by atoms with Gasteiger partial charge in [-0.2, -0.15) is 4.98 Å². The van der Waals surface area contributed by atoms with Gasteiger partial charge >= 0.3 is 5.69 Å². The zero-order chi connectivity index (χ0) is 36.0. The topological polar surface area (TPSA) is 173 Å². The third kappa shape index (κ3) is 11.4. The summed E-state index contributed by atoms with van der Waals surface area (Å²) in [5.41, 5.74) is 4.06. The molecule has 1 saturated heterocycles. The van der Waals surface area contributed by atoms with E-state index in [0.29, 0.717) is 77.0 Å². The number of carbonyl (C=O) groups is 1. The second kappa shape index (κ2) is 19.4. The number of pyridine rings is 2. The summed E-state index contributed by atoms with van der Waals surface area (Å²) in [5.74, 6) is 0.351. The van der Waals surface area contributed by atoms with Crippen molar-refractivity contribution in [1.29, 1.82) is 0 Å². The number of nitrogens with one attached hydrogen (secondary N) is 3. The molecule has 0 aromatic carbocycles. The number of hydrogen-bond acceptors (Lipinski definition) is 11. The monoisotopic (exact) mass is 686 g/mol. The molecule has 3 aromatic heterocycles. The second-order valence-corrected chi connectivity index (χ2v) is 12.1. The molecule has 0 saturated carbocycles. The molecular formula is C34H51N7O8+2. The molecule has 3 aromatic rings. The molecule has 268 valence electrons. The molecule has 0 aliphatic carbocycles. The number of hydrogen-bond donors (Lipinski definition) is 5. The third-order valence-electron chi connectivity index (χ3n) is 8.11. The molecule has 1 aliphatic rings. The lowest BCUT2D eigenvalue weighted by Gasteiger charge is -2.17. The van der Waals surface area contributed by atoms with Gasteiger partial charge in [-0.1, -0.05) is 0 Å². The highest BCUT2D eigenvalue weighted by Gasteiger charge is 2.35. The van der Waals surface area contributed by atoms with Crippen LogP contribution in [0.3, 0.4) is 0 Å². The van der Waals surface area contributed by atoms with Crippen LogP contribution < -0.4 is 30.9 Å². The van der Waals surface area contributed by atoms with E-state index in [-0.39, 0.29) is 24.3 Å². The average Bonchev–Trinajstić information content (AvgIpc) is 3.43. The van der Waals surface area contributed by atoms with Crippen LogP contribution in [0.5, 0.6) is 0 Å². The number of rotatable bonds is 20. The van der Waals surface area contributed by atoms with E-state index in [4.69, 9.17) is 25.6 Å². The summed E-state index contributed by atoms with van der Waals surface area (Å²) >= 11 is 0. The van der Waals surface area contributed by atoms with Gasteiger partial charge in [0.1, 0.15) is 32.2 Å². The normalized spacial score (nSPS) is 17.8. The number of aliphatic hydroxyl groups excluding tert-OH is 1. The van der Waals surface area contributed by atoms with Crippen molar-refractivity contribution >= 4 is 11.7 Å². The van der Waals surface area contributed by atoms with Crippen molar-refractivity contribution in [2.24, 2.45) is 14.1 Å². The van der Waals surface area contributed by atoms with E-state index in [2.05, 4.69) is 15.6 Å². The number of hydroxylamine groups is 1. The first-order valence-corrected chi connectivity index (χ1v) is 16.6. The Morgan fingerprint density at radius 1 is 1.00 bits per heavy atom. The van der Waals surface area contributed by atoms with E-state index in [9.17, 15) is 14.7 Å². The highest BCUT2D eigenvalue weighted by atomic mass is 16.5. The largest absolute Gasteiger partial charge is 0.390 e. The molecule has 0 spiro atoms. The lowest BCUT2D eigenvalue weighted by atomic mass is 9.99. The third-order valence-corrected chi connectivity index (χ3v) is 8.11. The van der Waals surface area contributed by atoms with Crippen LogP contribution in [-0.4, -0.2) is 97.3 Å². The minimum absolute atomic E-state index is 0.114. The van der Waals surface area contributed by atoms with Crippen molar-refractivity contribution in [1.82, 2.24) is 20.3 Å². The van der Waals surface area contributed by atoms with Crippen LogP contribution in [0.4, 0.5) is 5.82 Å². The number of anilines is 1. The first-order chi connectivity index (χ1) is 24.0. The van der Waals surface area contributed by atoms with Gasteiger partial charge in [0.15, 0.2) is 26.2 Å². The van der Waals surface area contributed by atoms with Crippen LogP contribution in [0.15, 0.2) is 47.9 Å². The highest BCUT2D eigenvalue weighted by Crippen LogP contribution is 2.28. The van der Waals surface area contributed by atoms with E-state index in [0.717, 1.165) is 22.3 Å². The van der Waals surface area contributed by atoms with Crippen molar-refractivity contribution in [2.75, 3.05) is 64.6 Å². The summed E-state index contributed by atoms with van der Waals surface area (Å²) in [4.78, 5) is 29.7. The predicted octanol–water partition coefficient (Wildman–Crippen LogP) is 0.475. The fraction of sp³-hybridized carbons (Fsp3) is 0.559. The summed E-state index contributed by atoms with van der Waals surface area (Å²) in [6.45, 7) is 7.52. The molecule has 1 aliphatic heterocycles. The Morgan fingerprint density at radius 3 is 2.33 bits per heavy atom. The molecule has 3 atom stereocenters. The summed E-state index contributed by atoms with van der Waals surface area (Å²) < 4.78 is 34.9. The van der Waals surface area contributed by atoms with E-state index in [1.807, 2.05) is 74.0 Å². The minimum atomic E-state index is -0.908. The Balaban J connectivity index is 1.02. The van der Waals surface area contributed by atoms with Gasteiger partial charge in [0, 0.05) is 63.2 Å². The maximum absolute atomic E-state index is 13.0. The Bertz CT molecular complexity index is 1610. The first-order valence-electron chi connectivity index (χ1n) is 17.1. The Labute approximate surface area is 288 Å². The number of aliphatic hydroxyl groups is 1. The van der Waals surface area contributed by atoms with Gasteiger partial charge in [-0.05, 0) is 32.3 Å². The molecule has 4 heterocycles. The fourth-order valence-corrected chi connectivity index (χ4v) is 5.44. The highest BCUT2D eigenvalue weighted by molar-refractivity contribution is 6.00. The summed E-state index contributed by atoms with van der Waals surface area (Å²) in [6, 6.07) is 3.89. The van der Waals surface area contributed by atoms with Crippen molar-refractivity contribution in [2.45, 2.75) is 51.5 Å². The van der Waals surface area contributed by atoms with Gasteiger partial charge in [0.25, 0.3) is 5.91 Å². The molecule has 49 heavy (non-hydrogen) atoms. The Hall–Kier alpha value is -3.83. The van der Waals surface area contributed by atoms with Gasteiger partial charge in [0.05, 0.1) is 49.2 Å². The van der Waals surface area contributed by atoms with E-state index in [1.165, 1.54) is 4.57 Å². The second-order valence-electron chi connectivity index (χ2n) is 12.1. The maximum Gasteiger partial charge on any atom is 0.351 e.